The molecule has 2 N–H and O–H groups in total. The summed E-state index contributed by atoms with van der Waals surface area (Å²) in [4.78, 5) is 2.36. The molecule has 32 heavy (non-hydrogen) atoms. The van der Waals surface area contributed by atoms with Crippen LogP contribution in [0.5, 0.6) is 5.75 Å². The molecule has 2 aliphatic rings. The van der Waals surface area contributed by atoms with Crippen LogP contribution < -0.4 is 4.90 Å². The van der Waals surface area contributed by atoms with Gasteiger partial charge in [0.2, 0.25) is 0 Å². The van der Waals surface area contributed by atoms with Gasteiger partial charge in [-0.15, -0.1) is 10.2 Å². The Kier molecular flexibility index (Phi) is 4.95. The van der Waals surface area contributed by atoms with E-state index in [1.807, 2.05) is 12.1 Å². The van der Waals surface area contributed by atoms with Gasteiger partial charge in [0.05, 0.1) is 11.9 Å². The van der Waals surface area contributed by atoms with E-state index in [0.29, 0.717) is 33.7 Å². The Morgan fingerprint density at radius 2 is 1.88 bits per heavy atom. The summed E-state index contributed by atoms with van der Waals surface area (Å²) in [6, 6.07) is 6.92. The number of phenols is 1. The van der Waals surface area contributed by atoms with E-state index in [4.69, 9.17) is 0 Å². The maximum absolute atomic E-state index is 14.7. The molecule has 168 valence electrons. The molecule has 5 rings (SSSR count). The first-order chi connectivity index (χ1) is 15.3. The highest BCUT2D eigenvalue weighted by Crippen LogP contribution is 2.59. The lowest BCUT2D eigenvalue weighted by atomic mass is 9.68. The number of fused-ring (bicyclic) bond motifs is 2. The van der Waals surface area contributed by atoms with Gasteiger partial charge < -0.3 is 10.0 Å². The zero-order valence-corrected chi connectivity index (χ0v) is 18.9. The molecule has 0 spiro atoms. The van der Waals surface area contributed by atoms with Crippen LogP contribution in [-0.2, 0) is 0 Å². The first-order valence-corrected chi connectivity index (χ1v) is 11.4. The monoisotopic (exact) mass is 435 g/mol. The third-order valence-corrected chi connectivity index (χ3v) is 7.54. The molecule has 3 aromatic rings. The topological polar surface area (TPSA) is 77.9 Å². The number of phenolic OH excluding ortho intramolecular Hbond substituents is 1. The highest BCUT2D eigenvalue weighted by Gasteiger charge is 2.50. The van der Waals surface area contributed by atoms with Crippen molar-refractivity contribution >= 4 is 5.82 Å². The van der Waals surface area contributed by atoms with E-state index >= 15 is 0 Å². The molecule has 2 heterocycles. The van der Waals surface area contributed by atoms with Crippen LogP contribution in [-0.4, -0.2) is 38.1 Å². The number of nitrogens with one attached hydrogen (secondary N) is 1. The van der Waals surface area contributed by atoms with Crippen molar-refractivity contribution in [1.82, 2.24) is 20.4 Å². The normalized spacial score (nSPS) is 26.9. The molecular formula is C25H30FN5O. The Morgan fingerprint density at radius 3 is 2.47 bits per heavy atom. The lowest BCUT2D eigenvalue weighted by Crippen LogP contribution is -2.44. The van der Waals surface area contributed by atoms with Crippen molar-refractivity contribution in [3.05, 3.63) is 42.5 Å². The summed E-state index contributed by atoms with van der Waals surface area (Å²) in [6.45, 7) is 7.88. The Balaban J connectivity index is 1.41. The van der Waals surface area contributed by atoms with Crippen LogP contribution in [0.1, 0.15) is 52.9 Å². The predicted molar refractivity (Wildman–Crippen MR) is 123 cm³/mol. The molecule has 1 aromatic carbocycles. The van der Waals surface area contributed by atoms with Crippen LogP contribution in [0.2, 0.25) is 0 Å². The summed E-state index contributed by atoms with van der Waals surface area (Å²) in [5, 5.41) is 25.9. The van der Waals surface area contributed by atoms with Crippen LogP contribution in [0.3, 0.4) is 0 Å². The number of aromatic nitrogens is 4. The second kappa shape index (κ2) is 7.57. The van der Waals surface area contributed by atoms with Crippen LogP contribution in [0.4, 0.5) is 10.2 Å². The maximum Gasteiger partial charge on any atom is 0.151 e. The first-order valence-electron chi connectivity index (χ1n) is 11.4. The summed E-state index contributed by atoms with van der Waals surface area (Å²) in [6.07, 6.45) is 9.40. The first kappa shape index (κ1) is 20.9. The SMILES string of the molecule is CCN(c1ccc(-c2cc(F)c(-c3cn[nH]c3)cc2O)nn1)C1C[C@]2(C)CC[C@](C)(C1)C2. The van der Waals surface area contributed by atoms with E-state index in [1.165, 1.54) is 50.4 Å². The van der Waals surface area contributed by atoms with Crippen LogP contribution >= 0.6 is 0 Å². The molecule has 7 heteroatoms. The molecule has 0 aliphatic heterocycles. The number of halogens is 1. The number of benzene rings is 1. The van der Waals surface area contributed by atoms with E-state index in [-0.39, 0.29) is 11.3 Å². The second-order valence-electron chi connectivity index (χ2n) is 10.3. The van der Waals surface area contributed by atoms with E-state index < -0.39 is 5.82 Å². The Hall–Kier alpha value is -2.96. The van der Waals surface area contributed by atoms with Crippen molar-refractivity contribution < 1.29 is 9.50 Å². The van der Waals surface area contributed by atoms with Crippen LogP contribution in [0.15, 0.2) is 36.7 Å². The third kappa shape index (κ3) is 3.63. The number of hydrogen-bond donors (Lipinski definition) is 2. The minimum absolute atomic E-state index is 0.0401. The van der Waals surface area contributed by atoms with Gasteiger partial charge in [0.15, 0.2) is 5.82 Å². The highest BCUT2D eigenvalue weighted by atomic mass is 19.1. The average molecular weight is 436 g/mol. The lowest BCUT2D eigenvalue weighted by molar-refractivity contribution is 0.146. The fourth-order valence-electron chi connectivity index (χ4n) is 6.21. The number of H-pyrrole nitrogens is 1. The fourth-order valence-corrected chi connectivity index (χ4v) is 6.21. The number of aromatic amines is 1. The molecule has 0 saturated heterocycles. The summed E-state index contributed by atoms with van der Waals surface area (Å²) >= 11 is 0. The summed E-state index contributed by atoms with van der Waals surface area (Å²) in [5.41, 5.74) is 2.47. The molecule has 2 fully saturated rings. The van der Waals surface area contributed by atoms with Gasteiger partial charge in [0, 0.05) is 35.5 Å². The zero-order chi connectivity index (χ0) is 22.5. The van der Waals surface area contributed by atoms with E-state index in [0.717, 1.165) is 12.4 Å². The minimum Gasteiger partial charge on any atom is -0.507 e. The molecule has 6 nitrogen and oxygen atoms in total. The molecule has 3 atom stereocenters. The van der Waals surface area contributed by atoms with Gasteiger partial charge in [-0.2, -0.15) is 5.10 Å². The van der Waals surface area contributed by atoms with E-state index in [2.05, 4.69) is 46.1 Å². The van der Waals surface area contributed by atoms with Gasteiger partial charge >= 0.3 is 0 Å². The van der Waals surface area contributed by atoms with Gasteiger partial charge in [-0.3, -0.25) is 5.10 Å². The quantitative estimate of drug-likeness (QED) is 0.548. The summed E-state index contributed by atoms with van der Waals surface area (Å²) in [5.74, 6) is 0.353. The molecule has 2 aromatic heterocycles. The number of nitrogens with zero attached hydrogens (tertiary/aromatic N) is 4. The molecule has 2 aliphatic carbocycles. The zero-order valence-electron chi connectivity index (χ0n) is 18.9. The highest BCUT2D eigenvalue weighted by molar-refractivity contribution is 5.74. The lowest BCUT2D eigenvalue weighted by Gasteiger charge is -2.45. The summed E-state index contributed by atoms with van der Waals surface area (Å²) < 4.78 is 14.7. The van der Waals surface area contributed by atoms with Gasteiger partial charge in [-0.25, -0.2) is 4.39 Å². The molecular weight excluding hydrogens is 405 g/mol. The van der Waals surface area contributed by atoms with Crippen molar-refractivity contribution in [3.63, 3.8) is 0 Å². The average Bonchev–Trinajstić information content (AvgIpc) is 3.36. The Morgan fingerprint density at radius 1 is 1.12 bits per heavy atom. The van der Waals surface area contributed by atoms with Gasteiger partial charge in [0.1, 0.15) is 11.6 Å². The molecule has 2 bridgehead atoms. The largest absolute Gasteiger partial charge is 0.507 e. The standard InChI is InChI=1S/C25H30FN5O/c1-4-31(17-11-24(2)7-8-25(3,12-17)15-24)23-6-5-21(29-30-23)19-9-20(26)18(10-22(19)32)16-13-27-28-14-16/h5-6,9-10,13-14,17,32H,4,7-8,11-12,15H2,1-3H3,(H,27,28)/t17?,24-,25+. The molecule has 1 unspecified atom stereocenters. The van der Waals surface area contributed by atoms with Gasteiger partial charge in [-0.1, -0.05) is 13.8 Å². The Labute approximate surface area is 187 Å². The molecule has 0 radical (unpaired) electrons. The second-order valence-corrected chi connectivity index (χ2v) is 10.3. The number of anilines is 1. The number of rotatable bonds is 5. The predicted octanol–water partition coefficient (Wildman–Crippen LogP) is 5.56. The van der Waals surface area contributed by atoms with Crippen molar-refractivity contribution in [2.24, 2.45) is 10.8 Å². The van der Waals surface area contributed by atoms with Crippen molar-refractivity contribution in [3.8, 4) is 28.1 Å². The fraction of sp³-hybridized carbons (Fsp3) is 0.480. The molecule has 0 amide bonds. The van der Waals surface area contributed by atoms with E-state index in [1.54, 1.807) is 6.20 Å². The van der Waals surface area contributed by atoms with Crippen molar-refractivity contribution in [1.29, 1.82) is 0 Å². The van der Waals surface area contributed by atoms with Gasteiger partial charge in [0.25, 0.3) is 0 Å². The van der Waals surface area contributed by atoms with Crippen molar-refractivity contribution in [2.75, 3.05) is 11.4 Å². The summed E-state index contributed by atoms with van der Waals surface area (Å²) in [7, 11) is 0. The van der Waals surface area contributed by atoms with Crippen molar-refractivity contribution in [2.45, 2.75) is 58.9 Å². The van der Waals surface area contributed by atoms with Crippen LogP contribution in [0.25, 0.3) is 22.4 Å². The number of hydrogen-bond acceptors (Lipinski definition) is 5. The molecule has 2 saturated carbocycles. The minimum atomic E-state index is -0.445. The smallest absolute Gasteiger partial charge is 0.151 e. The van der Waals surface area contributed by atoms with Crippen LogP contribution in [0, 0.1) is 16.6 Å². The van der Waals surface area contributed by atoms with E-state index in [9.17, 15) is 9.50 Å². The van der Waals surface area contributed by atoms with Gasteiger partial charge in [-0.05, 0) is 74.1 Å². The Bertz CT molecular complexity index is 1100. The third-order valence-electron chi connectivity index (χ3n) is 7.54. The number of aromatic hydroxyl groups is 1. The maximum atomic E-state index is 14.7.